The first-order chi connectivity index (χ1) is 9.04. The zero-order chi connectivity index (χ0) is 13.9. The highest BCUT2D eigenvalue weighted by molar-refractivity contribution is 7.85. The van der Waals surface area contributed by atoms with Crippen molar-refractivity contribution in [2.45, 2.75) is 19.3 Å². The maximum atomic E-state index is 12.0. The number of nitrogens with zero attached hydrogens (tertiary/aromatic N) is 1. The van der Waals surface area contributed by atoms with Crippen LogP contribution in [0.5, 0.6) is 0 Å². The molecule has 2 fully saturated rings. The maximum absolute atomic E-state index is 12.0. The molecule has 1 N–H and O–H groups in total. The van der Waals surface area contributed by atoms with Crippen molar-refractivity contribution in [3.63, 3.8) is 0 Å². The molecule has 7 heteroatoms. The number of hydrogen-bond acceptors (Lipinski definition) is 4. The van der Waals surface area contributed by atoms with E-state index in [0.717, 1.165) is 12.8 Å². The van der Waals surface area contributed by atoms with Crippen LogP contribution in [0.2, 0.25) is 0 Å². The van der Waals surface area contributed by atoms with Crippen LogP contribution in [0.25, 0.3) is 0 Å². The van der Waals surface area contributed by atoms with Crippen LogP contribution < -0.4 is 5.32 Å². The van der Waals surface area contributed by atoms with Gasteiger partial charge in [0.1, 0.15) is 0 Å². The summed E-state index contributed by atoms with van der Waals surface area (Å²) < 4.78 is 16.7. The molecule has 1 atom stereocenters. The number of carbonyl (C=O) groups excluding carboxylic acids is 2. The number of rotatable bonds is 7. The van der Waals surface area contributed by atoms with E-state index in [4.69, 9.17) is 0 Å². The van der Waals surface area contributed by atoms with Gasteiger partial charge in [0.05, 0.1) is 13.5 Å². The molecule has 1 saturated heterocycles. The van der Waals surface area contributed by atoms with Crippen LogP contribution in [-0.4, -0.2) is 59.4 Å². The van der Waals surface area contributed by atoms with Gasteiger partial charge in [0.25, 0.3) is 0 Å². The highest BCUT2D eigenvalue weighted by Crippen LogP contribution is 2.49. The van der Waals surface area contributed by atoms with Crippen molar-refractivity contribution in [1.82, 2.24) is 10.2 Å². The number of urea groups is 1. The highest BCUT2D eigenvalue weighted by atomic mass is 32.2. The Labute approximate surface area is 115 Å². The van der Waals surface area contributed by atoms with E-state index in [1.165, 1.54) is 7.11 Å². The standard InChI is InChI=1S/C12H20N2O4S/c1-18-10(15)8-12(2-3-12)9-19(17)7-6-14-5-4-13-11(14)16/h2-9H2,1H3,(H,13,16). The second-order valence-electron chi connectivity index (χ2n) is 5.26. The molecular formula is C12H20N2O4S. The molecule has 0 aromatic heterocycles. The van der Waals surface area contributed by atoms with Gasteiger partial charge in [-0.15, -0.1) is 0 Å². The van der Waals surface area contributed by atoms with Crippen LogP contribution in [-0.2, 0) is 20.3 Å². The average Bonchev–Trinajstić information content (AvgIpc) is 2.98. The predicted octanol–water partition coefficient (Wildman–Crippen LogP) is 0.104. The van der Waals surface area contributed by atoms with E-state index < -0.39 is 10.8 Å². The summed E-state index contributed by atoms with van der Waals surface area (Å²) in [5.41, 5.74) is -0.106. The summed E-state index contributed by atoms with van der Waals surface area (Å²) in [5, 5.41) is 2.71. The molecule has 2 rings (SSSR count). The molecule has 108 valence electrons. The first-order valence-electron chi connectivity index (χ1n) is 6.49. The summed E-state index contributed by atoms with van der Waals surface area (Å²) in [6, 6.07) is -0.0762. The fraction of sp³-hybridized carbons (Fsp3) is 0.833. The van der Waals surface area contributed by atoms with Gasteiger partial charge in [0, 0.05) is 41.9 Å². The first-order valence-corrected chi connectivity index (χ1v) is 7.98. The van der Waals surface area contributed by atoms with E-state index in [0.29, 0.717) is 37.6 Å². The van der Waals surface area contributed by atoms with E-state index in [2.05, 4.69) is 10.1 Å². The Balaban J connectivity index is 1.72. The minimum Gasteiger partial charge on any atom is -0.469 e. The second kappa shape index (κ2) is 5.90. The lowest BCUT2D eigenvalue weighted by molar-refractivity contribution is -0.141. The number of hydrogen-bond donors (Lipinski definition) is 1. The Morgan fingerprint density at radius 3 is 2.79 bits per heavy atom. The number of amides is 2. The third-order valence-corrected chi connectivity index (χ3v) is 5.28. The monoisotopic (exact) mass is 288 g/mol. The van der Waals surface area contributed by atoms with E-state index in [1.54, 1.807) is 4.90 Å². The number of methoxy groups -OCH3 is 1. The number of esters is 1. The molecule has 1 aliphatic heterocycles. The smallest absolute Gasteiger partial charge is 0.317 e. The fourth-order valence-corrected chi connectivity index (χ4v) is 3.92. The summed E-state index contributed by atoms with van der Waals surface area (Å²) in [7, 11) is 0.391. The maximum Gasteiger partial charge on any atom is 0.317 e. The van der Waals surface area contributed by atoms with Crippen LogP contribution in [0.3, 0.4) is 0 Å². The van der Waals surface area contributed by atoms with Gasteiger partial charge in [-0.25, -0.2) is 4.79 Å². The van der Waals surface area contributed by atoms with Crippen molar-refractivity contribution in [3.05, 3.63) is 0 Å². The third-order valence-electron chi connectivity index (χ3n) is 3.71. The van der Waals surface area contributed by atoms with Gasteiger partial charge < -0.3 is 15.0 Å². The molecule has 0 bridgehead atoms. The summed E-state index contributed by atoms with van der Waals surface area (Å²) in [5.74, 6) is 0.793. The van der Waals surface area contributed by atoms with Gasteiger partial charge in [0.15, 0.2) is 0 Å². The lowest BCUT2D eigenvalue weighted by Crippen LogP contribution is -2.32. The van der Waals surface area contributed by atoms with Crippen molar-refractivity contribution in [2.24, 2.45) is 5.41 Å². The van der Waals surface area contributed by atoms with Gasteiger partial charge in [-0.3, -0.25) is 9.00 Å². The normalized spacial score (nSPS) is 21.9. The van der Waals surface area contributed by atoms with Crippen molar-refractivity contribution in [2.75, 3.05) is 38.2 Å². The summed E-state index contributed by atoms with van der Waals surface area (Å²) >= 11 is 0. The molecule has 0 aromatic carbocycles. The molecule has 2 amide bonds. The summed E-state index contributed by atoms with van der Waals surface area (Å²) in [4.78, 5) is 24.3. The quantitative estimate of drug-likeness (QED) is 0.674. The first kappa shape index (κ1) is 14.3. The Hall–Kier alpha value is -1.11. The molecule has 0 spiro atoms. The topological polar surface area (TPSA) is 75.7 Å². The molecule has 0 radical (unpaired) electrons. The van der Waals surface area contributed by atoms with E-state index in [1.807, 2.05) is 0 Å². The third kappa shape index (κ3) is 3.92. The minimum atomic E-state index is -0.986. The van der Waals surface area contributed by atoms with Crippen molar-refractivity contribution in [1.29, 1.82) is 0 Å². The van der Waals surface area contributed by atoms with Crippen LogP contribution in [0.4, 0.5) is 4.79 Å². The van der Waals surface area contributed by atoms with Crippen molar-refractivity contribution < 1.29 is 18.5 Å². The molecule has 19 heavy (non-hydrogen) atoms. The largest absolute Gasteiger partial charge is 0.469 e. The number of nitrogens with one attached hydrogen (secondary N) is 1. The zero-order valence-electron chi connectivity index (χ0n) is 11.1. The van der Waals surface area contributed by atoms with Crippen molar-refractivity contribution >= 4 is 22.8 Å². The molecule has 1 heterocycles. The van der Waals surface area contributed by atoms with Crippen LogP contribution in [0.1, 0.15) is 19.3 Å². The predicted molar refractivity (Wildman–Crippen MR) is 71.1 cm³/mol. The van der Waals surface area contributed by atoms with Gasteiger partial charge in [-0.2, -0.15) is 0 Å². The van der Waals surface area contributed by atoms with Crippen LogP contribution >= 0.6 is 0 Å². The van der Waals surface area contributed by atoms with Crippen LogP contribution in [0, 0.1) is 5.41 Å². The van der Waals surface area contributed by atoms with Gasteiger partial charge in [-0.1, -0.05) is 0 Å². The summed E-state index contributed by atoms with van der Waals surface area (Å²) in [6.45, 7) is 1.87. The number of carbonyl (C=O) groups is 2. The molecular weight excluding hydrogens is 268 g/mol. The summed E-state index contributed by atoms with van der Waals surface area (Å²) in [6.07, 6.45) is 2.25. The minimum absolute atomic E-state index is 0.0762. The number of ether oxygens (including phenoxy) is 1. The van der Waals surface area contributed by atoms with E-state index >= 15 is 0 Å². The lowest BCUT2D eigenvalue weighted by Gasteiger charge is -2.16. The van der Waals surface area contributed by atoms with E-state index in [-0.39, 0.29) is 17.4 Å². The van der Waals surface area contributed by atoms with Crippen LogP contribution in [0.15, 0.2) is 0 Å². The molecule has 2 aliphatic rings. The lowest BCUT2D eigenvalue weighted by atomic mass is 10.1. The molecule has 0 aromatic rings. The highest BCUT2D eigenvalue weighted by Gasteiger charge is 2.45. The average molecular weight is 288 g/mol. The fourth-order valence-electron chi connectivity index (χ4n) is 2.28. The molecule has 1 aliphatic carbocycles. The van der Waals surface area contributed by atoms with Crippen molar-refractivity contribution in [3.8, 4) is 0 Å². The zero-order valence-corrected chi connectivity index (χ0v) is 12.0. The second-order valence-corrected chi connectivity index (χ2v) is 6.84. The Morgan fingerprint density at radius 2 is 2.26 bits per heavy atom. The van der Waals surface area contributed by atoms with Gasteiger partial charge in [0.2, 0.25) is 0 Å². The SMILES string of the molecule is COC(=O)CC1(CS(=O)CCN2CCNC2=O)CC1. The van der Waals surface area contributed by atoms with E-state index in [9.17, 15) is 13.8 Å². The Morgan fingerprint density at radius 1 is 1.53 bits per heavy atom. The van der Waals surface area contributed by atoms with Gasteiger partial charge >= 0.3 is 12.0 Å². The molecule has 6 nitrogen and oxygen atoms in total. The molecule has 1 unspecified atom stereocenters. The molecule has 1 saturated carbocycles. The van der Waals surface area contributed by atoms with Gasteiger partial charge in [-0.05, 0) is 18.3 Å². The Kier molecular flexibility index (Phi) is 4.44. The Bertz CT molecular complexity index is 395.